The Morgan fingerprint density at radius 3 is 2.82 bits per heavy atom. The minimum Gasteiger partial charge on any atom is -0.297 e. The zero-order valence-corrected chi connectivity index (χ0v) is 10.5. The molecule has 0 N–H and O–H groups in total. The van der Waals surface area contributed by atoms with Crippen molar-refractivity contribution >= 4 is 0 Å². The van der Waals surface area contributed by atoms with Gasteiger partial charge < -0.3 is 0 Å². The van der Waals surface area contributed by atoms with Crippen molar-refractivity contribution < 1.29 is 0 Å². The normalized spacial score (nSPS) is 21.3. The Kier molecular flexibility index (Phi) is 4.81. The van der Waals surface area contributed by atoms with Crippen LogP contribution in [0.15, 0.2) is 43.0 Å². The maximum atomic E-state index is 3.86. The maximum Gasteiger partial charge on any atom is 0.0163 e. The smallest absolute Gasteiger partial charge is 0.0163 e. The molecule has 1 fully saturated rings. The highest BCUT2D eigenvalue weighted by atomic mass is 15.2. The summed E-state index contributed by atoms with van der Waals surface area (Å²) in [6.45, 7) is 6.13. The summed E-state index contributed by atoms with van der Waals surface area (Å²) in [5.41, 5.74) is 1.34. The van der Waals surface area contributed by atoms with Crippen LogP contribution in [0.3, 0.4) is 0 Å². The Labute approximate surface area is 105 Å². The molecule has 17 heavy (non-hydrogen) atoms. The van der Waals surface area contributed by atoms with Crippen molar-refractivity contribution in [1.82, 2.24) is 4.90 Å². The lowest BCUT2D eigenvalue weighted by Gasteiger charge is -2.35. The van der Waals surface area contributed by atoms with Crippen molar-refractivity contribution in [3.05, 3.63) is 55.0 Å². The lowest BCUT2D eigenvalue weighted by Crippen LogP contribution is -2.39. The highest BCUT2D eigenvalue weighted by Gasteiger charge is 2.20. The molecule has 0 saturated carbocycles. The van der Waals surface area contributed by atoms with Crippen molar-refractivity contribution in [2.75, 3.05) is 13.1 Å². The number of benzene rings is 1. The molecule has 0 aromatic heterocycles. The van der Waals surface area contributed by atoms with Gasteiger partial charge in [0.15, 0.2) is 0 Å². The molecule has 1 heterocycles. The van der Waals surface area contributed by atoms with Gasteiger partial charge in [0.2, 0.25) is 0 Å². The number of nitrogens with zero attached hydrogens (tertiary/aromatic N) is 1. The van der Waals surface area contributed by atoms with Crippen molar-refractivity contribution in [2.24, 2.45) is 0 Å². The van der Waals surface area contributed by atoms with Crippen LogP contribution in [0.4, 0.5) is 0 Å². The van der Waals surface area contributed by atoms with E-state index >= 15 is 0 Å². The van der Waals surface area contributed by atoms with E-state index in [0.717, 1.165) is 13.0 Å². The minimum atomic E-state index is 0.710. The molecule has 1 nitrogen and oxygen atoms in total. The van der Waals surface area contributed by atoms with Gasteiger partial charge in [0, 0.05) is 12.6 Å². The van der Waals surface area contributed by atoms with E-state index < -0.39 is 0 Å². The molecule has 1 aromatic carbocycles. The van der Waals surface area contributed by atoms with Gasteiger partial charge in [-0.05, 0) is 37.8 Å². The zero-order valence-electron chi connectivity index (χ0n) is 10.5. The molecule has 1 heteroatoms. The van der Waals surface area contributed by atoms with E-state index in [9.17, 15) is 0 Å². The lowest BCUT2D eigenvalue weighted by molar-refractivity contribution is 0.164. The first-order chi connectivity index (χ1) is 8.40. The zero-order chi connectivity index (χ0) is 11.9. The van der Waals surface area contributed by atoms with Crippen LogP contribution < -0.4 is 0 Å². The molecule has 0 aliphatic carbocycles. The van der Waals surface area contributed by atoms with Crippen LogP contribution >= 0.6 is 0 Å². The van der Waals surface area contributed by atoms with E-state index in [1.54, 1.807) is 0 Å². The molecule has 1 aliphatic rings. The Hall–Kier alpha value is -1.08. The van der Waals surface area contributed by atoms with E-state index in [1.807, 2.05) is 6.08 Å². The van der Waals surface area contributed by atoms with Crippen LogP contribution in [0.5, 0.6) is 0 Å². The minimum absolute atomic E-state index is 0.710. The van der Waals surface area contributed by atoms with E-state index in [4.69, 9.17) is 0 Å². The van der Waals surface area contributed by atoms with Gasteiger partial charge in [-0.2, -0.15) is 0 Å². The first kappa shape index (κ1) is 12.4. The second-order valence-corrected chi connectivity index (χ2v) is 4.78. The summed E-state index contributed by atoms with van der Waals surface area (Å²) in [7, 11) is 0. The number of hydrogen-bond acceptors (Lipinski definition) is 1. The quantitative estimate of drug-likeness (QED) is 0.695. The van der Waals surface area contributed by atoms with Crippen molar-refractivity contribution in [2.45, 2.75) is 31.7 Å². The van der Waals surface area contributed by atoms with Gasteiger partial charge in [0.25, 0.3) is 0 Å². The van der Waals surface area contributed by atoms with Gasteiger partial charge in [-0.3, -0.25) is 4.90 Å². The summed E-state index contributed by atoms with van der Waals surface area (Å²) in [4.78, 5) is 2.57. The van der Waals surface area contributed by atoms with Crippen molar-refractivity contribution in [1.29, 1.82) is 0 Å². The molecular formula is C16H22N. The van der Waals surface area contributed by atoms with E-state index in [1.165, 1.54) is 31.4 Å². The number of piperidine rings is 1. The highest BCUT2D eigenvalue weighted by Crippen LogP contribution is 2.21. The fourth-order valence-corrected chi connectivity index (χ4v) is 2.59. The third-order valence-corrected chi connectivity index (χ3v) is 3.54. The largest absolute Gasteiger partial charge is 0.297 e. The predicted octanol–water partition coefficient (Wildman–Crippen LogP) is 3.67. The van der Waals surface area contributed by atoms with Crippen LogP contribution in [0.1, 0.15) is 31.2 Å². The molecule has 2 rings (SSSR count). The van der Waals surface area contributed by atoms with E-state index in [-0.39, 0.29) is 0 Å². The topological polar surface area (TPSA) is 3.24 Å². The first-order valence-corrected chi connectivity index (χ1v) is 6.63. The molecule has 0 spiro atoms. The van der Waals surface area contributed by atoms with E-state index in [0.29, 0.717) is 6.04 Å². The standard InChI is InChI=1S/C16H22N/c1-2-13-17-14-7-6-10-16(17)12-11-15-8-4-3-5-9-15/h2-5,8-9,11,16H,1,6-7,10,12-14H2. The molecule has 91 valence electrons. The first-order valence-electron chi connectivity index (χ1n) is 6.63. The summed E-state index contributed by atoms with van der Waals surface area (Å²) < 4.78 is 0. The number of hydrogen-bond donors (Lipinski definition) is 0. The molecule has 0 amide bonds. The average molecular weight is 228 g/mol. The van der Waals surface area contributed by atoms with Crippen molar-refractivity contribution in [3.8, 4) is 0 Å². The monoisotopic (exact) mass is 228 g/mol. The van der Waals surface area contributed by atoms with Gasteiger partial charge in [-0.1, -0.05) is 42.8 Å². The molecule has 0 bridgehead atoms. The molecular weight excluding hydrogens is 206 g/mol. The van der Waals surface area contributed by atoms with E-state index in [2.05, 4.69) is 48.2 Å². The lowest BCUT2D eigenvalue weighted by atomic mass is 9.96. The summed E-state index contributed by atoms with van der Waals surface area (Å²) in [5.74, 6) is 0. The molecule has 1 unspecified atom stereocenters. The summed E-state index contributed by atoms with van der Waals surface area (Å²) in [6.07, 6.45) is 9.61. The predicted molar refractivity (Wildman–Crippen MR) is 73.9 cm³/mol. The van der Waals surface area contributed by atoms with Gasteiger partial charge in [0.05, 0.1) is 0 Å². The molecule has 1 atom stereocenters. The third-order valence-electron chi connectivity index (χ3n) is 3.54. The fraction of sp³-hybridized carbons (Fsp3) is 0.438. The van der Waals surface area contributed by atoms with Crippen LogP contribution in [-0.4, -0.2) is 24.0 Å². The summed E-state index contributed by atoms with van der Waals surface area (Å²) in [5, 5.41) is 0. The van der Waals surface area contributed by atoms with Gasteiger partial charge in [0.1, 0.15) is 0 Å². The molecule has 1 saturated heterocycles. The van der Waals surface area contributed by atoms with Crippen LogP contribution in [0.25, 0.3) is 0 Å². The highest BCUT2D eigenvalue weighted by molar-refractivity contribution is 5.22. The Balaban J connectivity index is 1.86. The second kappa shape index (κ2) is 6.61. The SMILES string of the molecule is C=CCN1CCCCC1C[CH]c1ccccc1. The van der Waals surface area contributed by atoms with Crippen LogP contribution in [0.2, 0.25) is 0 Å². The number of rotatable bonds is 5. The molecule has 1 aliphatic heterocycles. The van der Waals surface area contributed by atoms with Crippen LogP contribution in [-0.2, 0) is 0 Å². The maximum absolute atomic E-state index is 3.86. The summed E-state index contributed by atoms with van der Waals surface area (Å²) >= 11 is 0. The summed E-state index contributed by atoms with van der Waals surface area (Å²) in [6, 6.07) is 11.4. The molecule has 1 aromatic rings. The van der Waals surface area contributed by atoms with Gasteiger partial charge in [-0.15, -0.1) is 6.58 Å². The van der Waals surface area contributed by atoms with Crippen LogP contribution in [0, 0.1) is 6.42 Å². The van der Waals surface area contributed by atoms with Crippen molar-refractivity contribution in [3.63, 3.8) is 0 Å². The fourth-order valence-electron chi connectivity index (χ4n) is 2.59. The Morgan fingerprint density at radius 2 is 2.06 bits per heavy atom. The molecule has 1 radical (unpaired) electrons. The van der Waals surface area contributed by atoms with Gasteiger partial charge >= 0.3 is 0 Å². The number of likely N-dealkylation sites (tertiary alicyclic amines) is 1. The van der Waals surface area contributed by atoms with Gasteiger partial charge in [-0.25, -0.2) is 0 Å². The Morgan fingerprint density at radius 1 is 1.24 bits per heavy atom. The average Bonchev–Trinajstić information content (AvgIpc) is 2.39. The third kappa shape index (κ3) is 3.71. The second-order valence-electron chi connectivity index (χ2n) is 4.78. The Bertz CT molecular complexity index is 331.